The van der Waals surface area contributed by atoms with Crippen LogP contribution in [0.4, 0.5) is 0 Å². The van der Waals surface area contributed by atoms with Crippen LogP contribution in [0.2, 0.25) is 0 Å². The summed E-state index contributed by atoms with van der Waals surface area (Å²) in [5.41, 5.74) is 0. The van der Waals surface area contributed by atoms with E-state index in [-0.39, 0.29) is 12.5 Å². The molecule has 1 heterocycles. The molecule has 0 aromatic heterocycles. The van der Waals surface area contributed by atoms with Crippen LogP contribution in [0.15, 0.2) is 60.8 Å². The zero-order chi connectivity index (χ0) is 61.4. The third-order valence-electron chi connectivity index (χ3n) is 17.6. The van der Waals surface area contributed by atoms with E-state index in [4.69, 9.17) is 9.47 Å². The first-order chi connectivity index (χ1) is 41.8. The summed E-state index contributed by atoms with van der Waals surface area (Å²) in [5, 5.41) is 55.0. The molecule has 9 heteroatoms. The third kappa shape index (κ3) is 53.4. The molecule has 6 N–H and O–H groups in total. The van der Waals surface area contributed by atoms with Crippen LogP contribution in [0.1, 0.15) is 361 Å². The molecule has 7 unspecified atom stereocenters. The molecule has 0 aromatic rings. The van der Waals surface area contributed by atoms with Crippen LogP contribution in [0.5, 0.6) is 0 Å². The minimum Gasteiger partial charge on any atom is -0.394 e. The van der Waals surface area contributed by atoms with E-state index < -0.39 is 49.5 Å². The Morgan fingerprint density at radius 2 is 0.729 bits per heavy atom. The van der Waals surface area contributed by atoms with Crippen molar-refractivity contribution in [3.8, 4) is 0 Å². The standard InChI is InChI=1S/C76H141NO8/c1-3-5-7-9-11-13-15-17-19-21-23-25-27-29-31-32-33-34-35-36-37-38-40-42-44-46-48-50-52-54-56-58-60-62-64-66-72(80)77-69(68-84-76-75(83)74(82)73(81)71(67-78)85-76)70(79)65-63-61-59-57-55-53-51-49-47-45-43-41-39-30-28-26-24-22-20-18-16-14-12-10-8-6-4-2/h5,7,11,13,17,19,23,25,29,31,69-71,73-76,78-79,81-83H,3-4,6,8-10,12,14-16,18,20-22,24,26-28,30,32-68H2,1-2H3,(H,77,80)/b7-5-,13-11-,19-17-,25-23-,31-29-. The molecule has 1 saturated heterocycles. The van der Waals surface area contributed by atoms with Crippen molar-refractivity contribution >= 4 is 5.91 Å². The first kappa shape index (κ1) is 80.9. The van der Waals surface area contributed by atoms with Gasteiger partial charge < -0.3 is 40.3 Å². The average molecular weight is 1200 g/mol. The number of hydrogen-bond acceptors (Lipinski definition) is 8. The van der Waals surface area contributed by atoms with Crippen LogP contribution in [0.3, 0.4) is 0 Å². The van der Waals surface area contributed by atoms with Crippen molar-refractivity contribution in [1.29, 1.82) is 0 Å². The van der Waals surface area contributed by atoms with Crippen molar-refractivity contribution < 1.29 is 39.8 Å². The van der Waals surface area contributed by atoms with Gasteiger partial charge in [0.1, 0.15) is 24.4 Å². The molecule has 0 spiro atoms. The van der Waals surface area contributed by atoms with Crippen molar-refractivity contribution in [2.75, 3.05) is 13.2 Å². The molecule has 498 valence electrons. The van der Waals surface area contributed by atoms with Crippen molar-refractivity contribution in [1.82, 2.24) is 5.32 Å². The predicted molar refractivity (Wildman–Crippen MR) is 364 cm³/mol. The summed E-state index contributed by atoms with van der Waals surface area (Å²) in [4.78, 5) is 13.2. The van der Waals surface area contributed by atoms with Crippen LogP contribution in [-0.2, 0) is 14.3 Å². The van der Waals surface area contributed by atoms with E-state index in [9.17, 15) is 30.3 Å². The highest BCUT2D eigenvalue weighted by molar-refractivity contribution is 5.76. The van der Waals surface area contributed by atoms with Crippen LogP contribution >= 0.6 is 0 Å². The fourth-order valence-corrected chi connectivity index (χ4v) is 11.9. The third-order valence-corrected chi connectivity index (χ3v) is 17.6. The van der Waals surface area contributed by atoms with Crippen molar-refractivity contribution in [3.63, 3.8) is 0 Å². The number of unbranched alkanes of at least 4 members (excludes halogenated alkanes) is 45. The second-order valence-electron chi connectivity index (χ2n) is 25.7. The van der Waals surface area contributed by atoms with E-state index in [2.05, 4.69) is 79.9 Å². The Morgan fingerprint density at radius 1 is 0.412 bits per heavy atom. The Balaban J connectivity index is 2.08. The zero-order valence-electron chi connectivity index (χ0n) is 55.9. The lowest BCUT2D eigenvalue weighted by Crippen LogP contribution is -2.60. The Hall–Kier alpha value is -2.11. The van der Waals surface area contributed by atoms with E-state index in [1.807, 2.05) is 0 Å². The van der Waals surface area contributed by atoms with Crippen LogP contribution < -0.4 is 5.32 Å². The van der Waals surface area contributed by atoms with E-state index in [1.54, 1.807) is 0 Å². The van der Waals surface area contributed by atoms with Gasteiger partial charge in [0.15, 0.2) is 6.29 Å². The summed E-state index contributed by atoms with van der Waals surface area (Å²) in [7, 11) is 0. The van der Waals surface area contributed by atoms with Gasteiger partial charge in [0.25, 0.3) is 0 Å². The van der Waals surface area contributed by atoms with Crippen molar-refractivity contribution in [3.05, 3.63) is 60.8 Å². The molecular formula is C76H141NO8. The molecule has 1 rings (SSSR count). The van der Waals surface area contributed by atoms with Crippen LogP contribution in [0, 0.1) is 0 Å². The summed E-state index contributed by atoms with van der Waals surface area (Å²) in [6.07, 6.45) is 83.0. The number of aliphatic hydroxyl groups excluding tert-OH is 5. The quantitative estimate of drug-likeness (QED) is 0.0261. The predicted octanol–water partition coefficient (Wildman–Crippen LogP) is 20.5. The lowest BCUT2D eigenvalue weighted by Gasteiger charge is -2.40. The van der Waals surface area contributed by atoms with Gasteiger partial charge in [-0.3, -0.25) is 4.79 Å². The normalized spacial score (nSPS) is 18.4. The Bertz CT molecular complexity index is 1530. The highest BCUT2D eigenvalue weighted by atomic mass is 16.7. The summed E-state index contributed by atoms with van der Waals surface area (Å²) >= 11 is 0. The number of rotatable bonds is 65. The van der Waals surface area contributed by atoms with E-state index in [0.29, 0.717) is 12.8 Å². The first-order valence-electron chi connectivity index (χ1n) is 37.0. The summed E-state index contributed by atoms with van der Waals surface area (Å²) in [6.45, 7) is 3.78. The van der Waals surface area contributed by atoms with Crippen LogP contribution in [0.25, 0.3) is 0 Å². The highest BCUT2D eigenvalue weighted by Crippen LogP contribution is 2.24. The molecule has 0 aliphatic carbocycles. The smallest absolute Gasteiger partial charge is 0.220 e. The molecule has 85 heavy (non-hydrogen) atoms. The lowest BCUT2D eigenvalue weighted by atomic mass is 9.99. The maximum absolute atomic E-state index is 13.2. The molecule has 7 atom stereocenters. The van der Waals surface area contributed by atoms with Crippen molar-refractivity contribution in [2.24, 2.45) is 0 Å². The monoisotopic (exact) mass is 1200 g/mol. The number of carbonyl (C=O) groups excluding carboxylic acids is 1. The Labute approximate surface area is 526 Å². The minimum atomic E-state index is -1.55. The number of ether oxygens (including phenoxy) is 2. The van der Waals surface area contributed by atoms with Gasteiger partial charge in [0.05, 0.1) is 25.4 Å². The number of allylic oxidation sites excluding steroid dienone is 10. The molecule has 1 fully saturated rings. The molecule has 1 aliphatic rings. The van der Waals surface area contributed by atoms with Gasteiger partial charge in [-0.15, -0.1) is 0 Å². The molecule has 0 radical (unpaired) electrons. The molecule has 9 nitrogen and oxygen atoms in total. The number of amides is 1. The van der Waals surface area contributed by atoms with Gasteiger partial charge in [-0.25, -0.2) is 0 Å². The average Bonchev–Trinajstić information content (AvgIpc) is 3.71. The van der Waals surface area contributed by atoms with Crippen molar-refractivity contribution in [2.45, 2.75) is 403 Å². The van der Waals surface area contributed by atoms with Gasteiger partial charge in [-0.1, -0.05) is 357 Å². The molecule has 1 amide bonds. The Kier molecular flexibility index (Phi) is 61.7. The minimum absolute atomic E-state index is 0.135. The second-order valence-corrected chi connectivity index (χ2v) is 25.7. The molecular weight excluding hydrogens is 1050 g/mol. The molecule has 0 saturated carbocycles. The summed E-state index contributed by atoms with van der Waals surface area (Å²) in [5.74, 6) is -0.138. The number of carbonyl (C=O) groups is 1. The second kappa shape index (κ2) is 64.9. The van der Waals surface area contributed by atoms with Gasteiger partial charge in [0.2, 0.25) is 5.91 Å². The van der Waals surface area contributed by atoms with E-state index in [0.717, 1.165) is 70.6 Å². The van der Waals surface area contributed by atoms with E-state index >= 15 is 0 Å². The van der Waals surface area contributed by atoms with Gasteiger partial charge >= 0.3 is 0 Å². The maximum atomic E-state index is 13.2. The highest BCUT2D eigenvalue weighted by Gasteiger charge is 2.44. The fraction of sp³-hybridized carbons (Fsp3) is 0.855. The molecule has 1 aliphatic heterocycles. The van der Waals surface area contributed by atoms with E-state index in [1.165, 1.54) is 263 Å². The van der Waals surface area contributed by atoms with Gasteiger partial charge in [-0.05, 0) is 57.8 Å². The molecule has 0 bridgehead atoms. The van der Waals surface area contributed by atoms with Crippen LogP contribution in [-0.4, -0.2) is 87.5 Å². The lowest BCUT2D eigenvalue weighted by molar-refractivity contribution is -0.302. The number of aliphatic hydroxyl groups is 5. The number of nitrogens with one attached hydrogen (secondary N) is 1. The Morgan fingerprint density at radius 3 is 1.08 bits per heavy atom. The maximum Gasteiger partial charge on any atom is 0.220 e. The van der Waals surface area contributed by atoms with Gasteiger partial charge in [-0.2, -0.15) is 0 Å². The SMILES string of the molecule is CC/C=C\C/C=C\C/C=C\C/C=C\C/C=C\CCCCCCCCCCCCCCCCCCCCCC(=O)NC(COC1OC(CO)C(O)C(O)C1O)C(O)CCCCCCCCCCCCCCCCCCCCCCCCCCCCC. The summed E-state index contributed by atoms with van der Waals surface area (Å²) in [6, 6.07) is -0.721. The fourth-order valence-electron chi connectivity index (χ4n) is 11.9. The number of hydrogen-bond donors (Lipinski definition) is 6. The largest absolute Gasteiger partial charge is 0.394 e. The first-order valence-corrected chi connectivity index (χ1v) is 37.0. The topological polar surface area (TPSA) is 149 Å². The van der Waals surface area contributed by atoms with Gasteiger partial charge in [0, 0.05) is 6.42 Å². The summed E-state index contributed by atoms with van der Waals surface area (Å²) < 4.78 is 11.4. The molecule has 0 aromatic carbocycles. The zero-order valence-corrected chi connectivity index (χ0v) is 55.9.